The second-order valence-electron chi connectivity index (χ2n) is 21.0. The highest BCUT2D eigenvalue weighted by Gasteiger charge is 2.19. The van der Waals surface area contributed by atoms with Gasteiger partial charge in [-0.25, -0.2) is 0 Å². The summed E-state index contributed by atoms with van der Waals surface area (Å²) in [6.07, 6.45) is 79.1. The van der Waals surface area contributed by atoms with E-state index >= 15 is 0 Å². The van der Waals surface area contributed by atoms with E-state index in [0.717, 1.165) is 64.2 Å². The van der Waals surface area contributed by atoms with Crippen LogP contribution in [0.5, 0.6) is 0 Å². The number of hydrogen-bond acceptors (Lipinski definition) is 6. The quantitative estimate of drug-likeness (QED) is 0.0261. The molecule has 6 nitrogen and oxygen atoms in total. The van der Waals surface area contributed by atoms with Crippen LogP contribution in [-0.2, 0) is 28.6 Å². The first kappa shape index (κ1) is 69.8. The summed E-state index contributed by atoms with van der Waals surface area (Å²) in [5.41, 5.74) is 0. The molecule has 0 saturated carbocycles. The molecule has 73 heavy (non-hydrogen) atoms. The Balaban J connectivity index is 4.42. The molecular weight excluding hydrogens is 901 g/mol. The molecule has 0 rings (SSSR count). The monoisotopic (exact) mass is 1020 g/mol. The number of ether oxygens (including phenoxy) is 3. The second kappa shape index (κ2) is 61.4. The third-order valence-corrected chi connectivity index (χ3v) is 13.7. The minimum atomic E-state index is -0.804. The number of carbonyl (C=O) groups excluding carboxylic acids is 3. The van der Waals surface area contributed by atoms with Crippen LogP contribution in [-0.4, -0.2) is 37.2 Å². The van der Waals surface area contributed by atoms with E-state index in [9.17, 15) is 14.4 Å². The summed E-state index contributed by atoms with van der Waals surface area (Å²) in [7, 11) is 0. The van der Waals surface area contributed by atoms with Crippen LogP contribution in [0.15, 0.2) is 72.9 Å². The Hall–Kier alpha value is -3.15. The molecule has 0 bridgehead atoms. The van der Waals surface area contributed by atoms with Gasteiger partial charge in [-0.3, -0.25) is 14.4 Å². The fraction of sp³-hybridized carbons (Fsp3) is 0.776. The molecule has 0 aliphatic heterocycles. The average Bonchev–Trinajstić information content (AvgIpc) is 3.39. The third-order valence-electron chi connectivity index (χ3n) is 13.7. The second-order valence-corrected chi connectivity index (χ2v) is 21.0. The molecule has 0 aromatic rings. The minimum Gasteiger partial charge on any atom is -0.462 e. The lowest BCUT2D eigenvalue weighted by atomic mass is 10.0. The van der Waals surface area contributed by atoms with E-state index in [0.29, 0.717) is 19.3 Å². The molecule has 6 heteroatoms. The molecule has 0 amide bonds. The van der Waals surface area contributed by atoms with Gasteiger partial charge in [0.05, 0.1) is 0 Å². The molecule has 0 fully saturated rings. The molecule has 0 aromatic carbocycles. The Kier molecular flexibility index (Phi) is 58.7. The molecule has 0 radical (unpaired) electrons. The summed E-state index contributed by atoms with van der Waals surface area (Å²) >= 11 is 0. The van der Waals surface area contributed by atoms with Crippen LogP contribution < -0.4 is 0 Å². The maximum atomic E-state index is 12.9. The summed E-state index contributed by atoms with van der Waals surface area (Å²) in [6.45, 7) is 6.58. The maximum absolute atomic E-state index is 12.9. The fourth-order valence-corrected chi connectivity index (χ4v) is 8.95. The Labute approximate surface area is 453 Å². The Morgan fingerprint density at radius 2 is 0.521 bits per heavy atom. The SMILES string of the molecule is CCCCC/C=C\C/C=C\C/C=C\C/C=C\C/C=C\CCC(=O)OC[C@H](COC(=O)CCCCCCCCCCCCC/C=C\CCCCCCCC)OC(=O)CCCCCCCCCCCCCCCCC. The fourth-order valence-electron chi connectivity index (χ4n) is 8.95. The van der Waals surface area contributed by atoms with E-state index in [-0.39, 0.29) is 37.5 Å². The molecule has 1 atom stereocenters. The lowest BCUT2D eigenvalue weighted by molar-refractivity contribution is -0.166. The summed E-state index contributed by atoms with van der Waals surface area (Å²) < 4.78 is 16.9. The van der Waals surface area contributed by atoms with Gasteiger partial charge in [-0.05, 0) is 83.5 Å². The third kappa shape index (κ3) is 59.6. The summed E-state index contributed by atoms with van der Waals surface area (Å²) in [5.74, 6) is -0.967. The first-order valence-electron chi connectivity index (χ1n) is 31.4. The zero-order chi connectivity index (χ0) is 52.9. The van der Waals surface area contributed by atoms with Gasteiger partial charge < -0.3 is 14.2 Å². The highest BCUT2D eigenvalue weighted by molar-refractivity contribution is 5.71. The van der Waals surface area contributed by atoms with Gasteiger partial charge in [0.1, 0.15) is 13.2 Å². The highest BCUT2D eigenvalue weighted by Crippen LogP contribution is 2.16. The normalized spacial score (nSPS) is 12.5. The predicted octanol–water partition coefficient (Wildman–Crippen LogP) is 21.3. The first-order valence-corrected chi connectivity index (χ1v) is 31.4. The van der Waals surface area contributed by atoms with Gasteiger partial charge in [0.15, 0.2) is 6.10 Å². The minimum absolute atomic E-state index is 0.0956. The van der Waals surface area contributed by atoms with E-state index in [1.165, 1.54) is 205 Å². The molecule has 0 aliphatic carbocycles. The number of unbranched alkanes of at least 4 members (excludes halogenated alkanes) is 34. The van der Waals surface area contributed by atoms with Crippen molar-refractivity contribution >= 4 is 17.9 Å². The largest absolute Gasteiger partial charge is 0.462 e. The zero-order valence-corrected chi connectivity index (χ0v) is 48.4. The number of hydrogen-bond donors (Lipinski definition) is 0. The van der Waals surface area contributed by atoms with Crippen LogP contribution in [0.1, 0.15) is 316 Å². The summed E-state index contributed by atoms with van der Waals surface area (Å²) in [6, 6.07) is 0. The lowest BCUT2D eigenvalue weighted by Crippen LogP contribution is -2.30. The maximum Gasteiger partial charge on any atom is 0.306 e. The first-order chi connectivity index (χ1) is 36.0. The smallest absolute Gasteiger partial charge is 0.306 e. The standard InChI is InChI=1S/C67H118O6/c1-4-7-10-13-16-19-22-25-28-30-32-33-35-37-40-42-45-48-51-54-57-60-66(69)72-63-64(73-67(70)61-58-55-52-49-46-43-38-27-24-21-18-15-12-9-6-3)62-71-65(68)59-56-53-50-47-44-41-39-36-34-31-29-26-23-20-17-14-11-8-5-2/h17,20,25-26,28-29,34,36,41,44,50,53,64H,4-16,18-19,21-24,27,30-33,35,37-40,42-43,45-49,51-52,54-63H2,1-3H3/b20-17-,28-25-,29-26-,36-34-,44-41-,53-50-/t64-/m1/s1. The highest BCUT2D eigenvalue weighted by atomic mass is 16.6. The van der Waals surface area contributed by atoms with Crippen molar-refractivity contribution in [2.75, 3.05) is 13.2 Å². The Morgan fingerprint density at radius 1 is 0.274 bits per heavy atom. The van der Waals surface area contributed by atoms with Crippen LogP contribution in [0, 0.1) is 0 Å². The molecular formula is C67H118O6. The van der Waals surface area contributed by atoms with Gasteiger partial charge in [-0.15, -0.1) is 0 Å². The van der Waals surface area contributed by atoms with Gasteiger partial charge in [0.2, 0.25) is 0 Å². The van der Waals surface area contributed by atoms with Gasteiger partial charge in [0, 0.05) is 19.3 Å². The molecule has 0 aliphatic rings. The number of esters is 3. The van der Waals surface area contributed by atoms with Gasteiger partial charge in [0.25, 0.3) is 0 Å². The van der Waals surface area contributed by atoms with E-state index in [1.54, 1.807) is 0 Å². The van der Waals surface area contributed by atoms with Gasteiger partial charge in [-0.2, -0.15) is 0 Å². The van der Waals surface area contributed by atoms with E-state index < -0.39 is 6.10 Å². The van der Waals surface area contributed by atoms with Crippen molar-refractivity contribution in [1.82, 2.24) is 0 Å². The summed E-state index contributed by atoms with van der Waals surface area (Å²) in [4.78, 5) is 38.2. The number of allylic oxidation sites excluding steroid dienone is 12. The van der Waals surface area contributed by atoms with Crippen LogP contribution in [0.2, 0.25) is 0 Å². The van der Waals surface area contributed by atoms with Crippen LogP contribution in [0.4, 0.5) is 0 Å². The lowest BCUT2D eigenvalue weighted by Gasteiger charge is -2.18. The topological polar surface area (TPSA) is 78.9 Å². The van der Waals surface area contributed by atoms with E-state index in [1.807, 2.05) is 6.08 Å². The molecule has 422 valence electrons. The molecule has 0 heterocycles. The van der Waals surface area contributed by atoms with Gasteiger partial charge >= 0.3 is 17.9 Å². The molecule has 0 unspecified atom stereocenters. The average molecular weight is 1020 g/mol. The Bertz CT molecular complexity index is 1360. The number of rotatable bonds is 57. The van der Waals surface area contributed by atoms with Crippen molar-refractivity contribution in [1.29, 1.82) is 0 Å². The van der Waals surface area contributed by atoms with Crippen LogP contribution >= 0.6 is 0 Å². The summed E-state index contributed by atoms with van der Waals surface area (Å²) in [5, 5.41) is 0. The molecule has 0 aromatic heterocycles. The van der Waals surface area contributed by atoms with Crippen molar-refractivity contribution in [2.45, 2.75) is 322 Å². The molecule has 0 saturated heterocycles. The van der Waals surface area contributed by atoms with Gasteiger partial charge in [-0.1, -0.05) is 286 Å². The van der Waals surface area contributed by atoms with Crippen LogP contribution in [0.3, 0.4) is 0 Å². The molecule has 0 N–H and O–H groups in total. The predicted molar refractivity (Wildman–Crippen MR) is 316 cm³/mol. The van der Waals surface area contributed by atoms with Crippen molar-refractivity contribution in [3.8, 4) is 0 Å². The van der Waals surface area contributed by atoms with E-state index in [2.05, 4.69) is 87.6 Å². The van der Waals surface area contributed by atoms with Crippen molar-refractivity contribution in [2.24, 2.45) is 0 Å². The van der Waals surface area contributed by atoms with E-state index in [4.69, 9.17) is 14.2 Å². The number of carbonyl (C=O) groups is 3. The van der Waals surface area contributed by atoms with Crippen molar-refractivity contribution in [3.05, 3.63) is 72.9 Å². The molecule has 0 spiro atoms. The Morgan fingerprint density at radius 3 is 0.890 bits per heavy atom. The van der Waals surface area contributed by atoms with Crippen molar-refractivity contribution < 1.29 is 28.6 Å². The van der Waals surface area contributed by atoms with Crippen molar-refractivity contribution in [3.63, 3.8) is 0 Å². The zero-order valence-electron chi connectivity index (χ0n) is 48.4. The van der Waals surface area contributed by atoms with Crippen LogP contribution in [0.25, 0.3) is 0 Å².